The lowest BCUT2D eigenvalue weighted by atomic mass is 9.84. The van der Waals surface area contributed by atoms with E-state index in [9.17, 15) is 19.2 Å². The molecule has 8 nitrogen and oxygen atoms in total. The van der Waals surface area contributed by atoms with Crippen molar-refractivity contribution in [2.45, 2.75) is 70.8 Å². The van der Waals surface area contributed by atoms with Crippen molar-refractivity contribution >= 4 is 23.9 Å². The molecule has 146 valence electrons. The number of carbonyl (C=O) groups is 4. The maximum Gasteiger partial charge on any atom is 0.325 e. The Bertz CT molecular complexity index is 553. The van der Waals surface area contributed by atoms with Gasteiger partial charge in [-0.15, -0.1) is 0 Å². The van der Waals surface area contributed by atoms with E-state index >= 15 is 0 Å². The van der Waals surface area contributed by atoms with E-state index in [-0.39, 0.29) is 5.91 Å². The van der Waals surface area contributed by atoms with Crippen molar-refractivity contribution in [2.24, 2.45) is 5.92 Å². The number of urea groups is 2. The second kappa shape index (κ2) is 9.00. The molecule has 0 aromatic heterocycles. The van der Waals surface area contributed by atoms with E-state index in [0.29, 0.717) is 25.3 Å². The Morgan fingerprint density at radius 2 is 1.73 bits per heavy atom. The monoisotopic (exact) mass is 366 g/mol. The molecular formula is C18H30N4O4. The fourth-order valence-corrected chi connectivity index (χ4v) is 3.50. The highest BCUT2D eigenvalue weighted by Gasteiger charge is 2.50. The third-order valence-corrected chi connectivity index (χ3v) is 5.01. The SMILES string of the molecule is CC(C)CCNC(=O)NC(=O)CN1C(=O)NC2(CCCCCCC2)C1=O. The van der Waals surface area contributed by atoms with Crippen LogP contribution in [0, 0.1) is 5.92 Å². The molecule has 1 heterocycles. The first kappa shape index (κ1) is 20.2. The van der Waals surface area contributed by atoms with Gasteiger partial charge in [-0.3, -0.25) is 19.8 Å². The van der Waals surface area contributed by atoms with Crippen LogP contribution < -0.4 is 16.0 Å². The number of nitrogens with zero attached hydrogens (tertiary/aromatic N) is 1. The molecule has 1 saturated heterocycles. The Hall–Kier alpha value is -2.12. The van der Waals surface area contributed by atoms with E-state index in [4.69, 9.17) is 0 Å². The Morgan fingerprint density at radius 1 is 1.12 bits per heavy atom. The van der Waals surface area contributed by atoms with Crippen molar-refractivity contribution in [2.75, 3.05) is 13.1 Å². The summed E-state index contributed by atoms with van der Waals surface area (Å²) >= 11 is 0. The Morgan fingerprint density at radius 3 is 2.35 bits per heavy atom. The second-order valence-electron chi connectivity index (χ2n) is 7.66. The summed E-state index contributed by atoms with van der Waals surface area (Å²) < 4.78 is 0. The minimum Gasteiger partial charge on any atom is -0.338 e. The van der Waals surface area contributed by atoms with E-state index in [1.807, 2.05) is 13.8 Å². The van der Waals surface area contributed by atoms with Gasteiger partial charge in [0.2, 0.25) is 5.91 Å². The lowest BCUT2D eigenvalue weighted by Crippen LogP contribution is -2.49. The minimum atomic E-state index is -0.878. The molecule has 1 saturated carbocycles. The van der Waals surface area contributed by atoms with Crippen LogP contribution in [0.1, 0.15) is 65.2 Å². The van der Waals surface area contributed by atoms with Gasteiger partial charge in [0.1, 0.15) is 12.1 Å². The molecule has 6 amide bonds. The summed E-state index contributed by atoms with van der Waals surface area (Å²) in [5.41, 5.74) is -0.878. The standard InChI is InChI=1S/C18H30N4O4/c1-13(2)8-11-19-16(25)20-14(23)12-22-15(24)18(21-17(22)26)9-6-4-3-5-7-10-18/h13H,3-12H2,1-2H3,(H,21,26)(H2,19,20,23,25). The maximum atomic E-state index is 12.8. The molecule has 1 aliphatic carbocycles. The average Bonchev–Trinajstić information content (AvgIpc) is 2.76. The fourth-order valence-electron chi connectivity index (χ4n) is 3.50. The van der Waals surface area contributed by atoms with Crippen molar-refractivity contribution in [1.82, 2.24) is 20.9 Å². The number of carbonyl (C=O) groups excluding carboxylic acids is 4. The summed E-state index contributed by atoms with van der Waals surface area (Å²) in [4.78, 5) is 49.7. The summed E-state index contributed by atoms with van der Waals surface area (Å²) in [5, 5.41) is 7.56. The van der Waals surface area contributed by atoms with Crippen LogP contribution >= 0.6 is 0 Å². The average molecular weight is 366 g/mol. The fraction of sp³-hybridized carbons (Fsp3) is 0.778. The largest absolute Gasteiger partial charge is 0.338 e. The molecule has 8 heteroatoms. The third-order valence-electron chi connectivity index (χ3n) is 5.01. The molecule has 0 unspecified atom stereocenters. The quantitative estimate of drug-likeness (QED) is 0.646. The molecule has 2 fully saturated rings. The van der Waals surface area contributed by atoms with Gasteiger partial charge in [0, 0.05) is 6.54 Å². The first-order valence-corrected chi connectivity index (χ1v) is 9.56. The molecule has 0 aromatic rings. The van der Waals surface area contributed by atoms with Crippen LogP contribution in [0.4, 0.5) is 9.59 Å². The molecule has 0 bridgehead atoms. The highest BCUT2D eigenvalue weighted by atomic mass is 16.2. The molecule has 0 atom stereocenters. The summed E-state index contributed by atoms with van der Waals surface area (Å²) in [6.07, 6.45) is 7.00. The van der Waals surface area contributed by atoms with Crippen molar-refractivity contribution in [3.05, 3.63) is 0 Å². The molecule has 2 aliphatic rings. The van der Waals surface area contributed by atoms with Gasteiger partial charge in [-0.1, -0.05) is 46.0 Å². The van der Waals surface area contributed by atoms with Gasteiger partial charge in [-0.2, -0.15) is 0 Å². The molecule has 2 rings (SSSR count). The summed E-state index contributed by atoms with van der Waals surface area (Å²) in [6, 6.07) is -1.16. The van der Waals surface area contributed by atoms with E-state index in [2.05, 4.69) is 16.0 Å². The highest BCUT2D eigenvalue weighted by Crippen LogP contribution is 2.31. The summed E-state index contributed by atoms with van der Waals surface area (Å²) in [7, 11) is 0. The topological polar surface area (TPSA) is 108 Å². The van der Waals surface area contributed by atoms with Crippen LogP contribution in [0.25, 0.3) is 0 Å². The minimum absolute atomic E-state index is 0.347. The number of hydrogen-bond acceptors (Lipinski definition) is 4. The predicted octanol–water partition coefficient (Wildman–Crippen LogP) is 1.89. The maximum absolute atomic E-state index is 12.8. The van der Waals surface area contributed by atoms with E-state index in [1.54, 1.807) is 0 Å². The molecule has 0 aromatic carbocycles. The number of amides is 6. The Kier molecular flexibility index (Phi) is 6.99. The number of nitrogens with one attached hydrogen (secondary N) is 3. The second-order valence-corrected chi connectivity index (χ2v) is 7.66. The normalized spacial score (nSPS) is 19.9. The van der Waals surface area contributed by atoms with Crippen LogP contribution in [-0.2, 0) is 9.59 Å². The smallest absolute Gasteiger partial charge is 0.325 e. The predicted molar refractivity (Wildman–Crippen MR) is 96.3 cm³/mol. The lowest BCUT2D eigenvalue weighted by Gasteiger charge is -2.28. The van der Waals surface area contributed by atoms with Gasteiger partial charge < -0.3 is 10.6 Å². The zero-order valence-corrected chi connectivity index (χ0v) is 15.7. The molecule has 1 aliphatic heterocycles. The first-order chi connectivity index (χ1) is 12.3. The van der Waals surface area contributed by atoms with Gasteiger partial charge in [-0.05, 0) is 25.2 Å². The van der Waals surface area contributed by atoms with Crippen LogP contribution in [0.15, 0.2) is 0 Å². The van der Waals surface area contributed by atoms with Gasteiger partial charge >= 0.3 is 12.1 Å². The zero-order valence-electron chi connectivity index (χ0n) is 15.7. The van der Waals surface area contributed by atoms with Gasteiger partial charge in [0.25, 0.3) is 5.91 Å². The number of rotatable bonds is 5. The third kappa shape index (κ3) is 5.19. The number of hydrogen-bond donors (Lipinski definition) is 3. The molecule has 26 heavy (non-hydrogen) atoms. The van der Waals surface area contributed by atoms with Crippen LogP contribution in [-0.4, -0.2) is 47.4 Å². The summed E-state index contributed by atoms with van der Waals surface area (Å²) in [6.45, 7) is 4.09. The van der Waals surface area contributed by atoms with Crippen molar-refractivity contribution < 1.29 is 19.2 Å². The van der Waals surface area contributed by atoms with Crippen molar-refractivity contribution in [3.8, 4) is 0 Å². The molecule has 1 spiro atoms. The zero-order chi connectivity index (χ0) is 19.2. The van der Waals surface area contributed by atoms with Crippen molar-refractivity contribution in [1.29, 1.82) is 0 Å². The van der Waals surface area contributed by atoms with E-state index < -0.39 is 30.1 Å². The highest BCUT2D eigenvalue weighted by molar-refractivity contribution is 6.10. The lowest BCUT2D eigenvalue weighted by molar-refractivity contribution is -0.135. The van der Waals surface area contributed by atoms with E-state index in [0.717, 1.165) is 43.4 Å². The van der Waals surface area contributed by atoms with E-state index in [1.165, 1.54) is 0 Å². The molecule has 3 N–H and O–H groups in total. The first-order valence-electron chi connectivity index (χ1n) is 9.56. The van der Waals surface area contributed by atoms with Crippen molar-refractivity contribution in [3.63, 3.8) is 0 Å². The van der Waals surface area contributed by atoms with Gasteiger partial charge in [0.15, 0.2) is 0 Å². The molecule has 0 radical (unpaired) electrons. The van der Waals surface area contributed by atoms with Gasteiger partial charge in [0.05, 0.1) is 0 Å². The number of imide groups is 2. The van der Waals surface area contributed by atoms with Gasteiger partial charge in [-0.25, -0.2) is 9.59 Å². The van der Waals surface area contributed by atoms with Crippen LogP contribution in [0.3, 0.4) is 0 Å². The molecular weight excluding hydrogens is 336 g/mol. The Balaban J connectivity index is 1.88. The van der Waals surface area contributed by atoms with Crippen LogP contribution in [0.2, 0.25) is 0 Å². The van der Waals surface area contributed by atoms with Crippen LogP contribution in [0.5, 0.6) is 0 Å². The summed E-state index contributed by atoms with van der Waals surface area (Å²) in [5.74, 6) is -0.574. The Labute approximate surface area is 154 Å².